The normalized spacial score (nSPS) is 13.6. The van der Waals surface area contributed by atoms with E-state index in [9.17, 15) is 4.79 Å². The Hall–Kier alpha value is -2.25. The number of ether oxygens (including phenoxy) is 1. The van der Waals surface area contributed by atoms with Gasteiger partial charge in [0.25, 0.3) is 5.91 Å². The van der Waals surface area contributed by atoms with Gasteiger partial charge in [0.2, 0.25) is 0 Å². The summed E-state index contributed by atoms with van der Waals surface area (Å²) in [4.78, 5) is 16.6. The SMILES string of the molecule is COCCn1nc(C(=O)NCc2cccnc2)c2c1CCNC2. The topological polar surface area (TPSA) is 81.1 Å². The molecular formula is C16H21N5O2. The number of hydrogen-bond donors (Lipinski definition) is 2. The van der Waals surface area contributed by atoms with Crippen LogP contribution in [0.15, 0.2) is 24.5 Å². The molecule has 0 spiro atoms. The number of nitrogens with zero attached hydrogens (tertiary/aromatic N) is 3. The van der Waals surface area contributed by atoms with Crippen LogP contribution in [0.1, 0.15) is 27.3 Å². The van der Waals surface area contributed by atoms with Gasteiger partial charge in [0.05, 0.1) is 13.2 Å². The summed E-state index contributed by atoms with van der Waals surface area (Å²) in [6, 6.07) is 3.79. The third kappa shape index (κ3) is 3.57. The smallest absolute Gasteiger partial charge is 0.272 e. The molecule has 3 rings (SSSR count). The van der Waals surface area contributed by atoms with E-state index in [1.54, 1.807) is 19.5 Å². The second-order valence-electron chi connectivity index (χ2n) is 5.46. The molecule has 2 N–H and O–H groups in total. The third-order valence-corrected chi connectivity index (χ3v) is 3.90. The second-order valence-corrected chi connectivity index (χ2v) is 5.46. The molecule has 1 aliphatic heterocycles. The van der Waals surface area contributed by atoms with Crippen molar-refractivity contribution in [1.82, 2.24) is 25.4 Å². The van der Waals surface area contributed by atoms with Crippen LogP contribution >= 0.6 is 0 Å². The van der Waals surface area contributed by atoms with Gasteiger partial charge in [-0.05, 0) is 11.6 Å². The standard InChI is InChI=1S/C16H21N5O2/c1-23-8-7-21-14-4-6-18-11-13(14)15(20-21)16(22)19-10-12-3-2-5-17-9-12/h2-3,5,9,18H,4,6-8,10-11H2,1H3,(H,19,22). The van der Waals surface area contributed by atoms with E-state index in [0.29, 0.717) is 31.9 Å². The Bertz CT molecular complexity index is 669. The van der Waals surface area contributed by atoms with Gasteiger partial charge in [-0.1, -0.05) is 6.07 Å². The minimum atomic E-state index is -0.148. The highest BCUT2D eigenvalue weighted by Crippen LogP contribution is 2.18. The lowest BCUT2D eigenvalue weighted by Crippen LogP contribution is -2.28. The number of nitrogens with one attached hydrogen (secondary N) is 2. The minimum absolute atomic E-state index is 0.148. The van der Waals surface area contributed by atoms with Gasteiger partial charge in [-0.2, -0.15) is 5.10 Å². The fourth-order valence-electron chi connectivity index (χ4n) is 2.73. The van der Waals surface area contributed by atoms with E-state index < -0.39 is 0 Å². The van der Waals surface area contributed by atoms with E-state index >= 15 is 0 Å². The van der Waals surface area contributed by atoms with Crippen molar-refractivity contribution in [2.45, 2.75) is 26.1 Å². The van der Waals surface area contributed by atoms with Gasteiger partial charge in [0.1, 0.15) is 0 Å². The van der Waals surface area contributed by atoms with Gasteiger partial charge in [-0.25, -0.2) is 0 Å². The number of fused-ring (bicyclic) bond motifs is 1. The molecule has 2 aromatic heterocycles. The first kappa shape index (κ1) is 15.6. The molecule has 0 atom stereocenters. The molecule has 0 aromatic carbocycles. The third-order valence-electron chi connectivity index (χ3n) is 3.90. The Balaban J connectivity index is 1.75. The molecule has 0 fully saturated rings. The van der Waals surface area contributed by atoms with Gasteiger partial charge in [0.15, 0.2) is 5.69 Å². The minimum Gasteiger partial charge on any atom is -0.383 e. The van der Waals surface area contributed by atoms with Crippen molar-refractivity contribution in [2.75, 3.05) is 20.3 Å². The highest BCUT2D eigenvalue weighted by molar-refractivity contribution is 5.94. The lowest BCUT2D eigenvalue weighted by atomic mass is 10.1. The number of carbonyl (C=O) groups is 1. The quantitative estimate of drug-likeness (QED) is 0.811. The van der Waals surface area contributed by atoms with Crippen molar-refractivity contribution < 1.29 is 9.53 Å². The van der Waals surface area contributed by atoms with Crippen LogP contribution < -0.4 is 10.6 Å². The zero-order chi connectivity index (χ0) is 16.1. The first-order chi connectivity index (χ1) is 11.3. The van der Waals surface area contributed by atoms with Crippen molar-refractivity contribution in [3.05, 3.63) is 47.0 Å². The number of rotatable bonds is 6. The van der Waals surface area contributed by atoms with Crippen LogP contribution in [0.2, 0.25) is 0 Å². The Kier molecular flexibility index (Phi) is 4.99. The van der Waals surface area contributed by atoms with Crippen molar-refractivity contribution in [3.63, 3.8) is 0 Å². The molecule has 1 amide bonds. The Labute approximate surface area is 135 Å². The lowest BCUT2D eigenvalue weighted by Gasteiger charge is -2.15. The maximum Gasteiger partial charge on any atom is 0.272 e. The van der Waals surface area contributed by atoms with Crippen LogP contribution in [0.3, 0.4) is 0 Å². The molecule has 0 bridgehead atoms. The molecule has 7 heteroatoms. The molecule has 0 unspecified atom stereocenters. The highest BCUT2D eigenvalue weighted by Gasteiger charge is 2.24. The summed E-state index contributed by atoms with van der Waals surface area (Å²) in [6.07, 6.45) is 4.33. The van der Waals surface area contributed by atoms with Crippen LogP contribution in [-0.2, 0) is 30.8 Å². The largest absolute Gasteiger partial charge is 0.383 e. The van der Waals surface area contributed by atoms with Gasteiger partial charge in [-0.15, -0.1) is 0 Å². The van der Waals surface area contributed by atoms with E-state index in [2.05, 4.69) is 20.7 Å². The van der Waals surface area contributed by atoms with E-state index in [1.807, 2.05) is 16.8 Å². The fraction of sp³-hybridized carbons (Fsp3) is 0.438. The first-order valence-corrected chi connectivity index (χ1v) is 7.75. The van der Waals surface area contributed by atoms with Gasteiger partial charge < -0.3 is 15.4 Å². The Morgan fingerprint density at radius 1 is 1.52 bits per heavy atom. The summed E-state index contributed by atoms with van der Waals surface area (Å²) in [6.45, 7) is 3.27. The molecule has 3 heterocycles. The predicted molar refractivity (Wildman–Crippen MR) is 84.9 cm³/mol. The summed E-state index contributed by atoms with van der Waals surface area (Å²) < 4.78 is 7.03. The molecule has 0 aliphatic carbocycles. The molecular weight excluding hydrogens is 294 g/mol. The monoisotopic (exact) mass is 315 g/mol. The maximum atomic E-state index is 12.5. The van der Waals surface area contributed by atoms with Crippen LogP contribution in [0, 0.1) is 0 Å². The zero-order valence-electron chi connectivity index (χ0n) is 13.2. The lowest BCUT2D eigenvalue weighted by molar-refractivity contribution is 0.0943. The molecule has 0 radical (unpaired) electrons. The summed E-state index contributed by atoms with van der Waals surface area (Å²) >= 11 is 0. The highest BCUT2D eigenvalue weighted by atomic mass is 16.5. The van der Waals surface area contributed by atoms with Crippen LogP contribution in [0.4, 0.5) is 0 Å². The molecule has 122 valence electrons. The Morgan fingerprint density at radius 2 is 2.43 bits per heavy atom. The van der Waals surface area contributed by atoms with E-state index in [-0.39, 0.29) is 5.91 Å². The molecule has 7 nitrogen and oxygen atoms in total. The van der Waals surface area contributed by atoms with E-state index in [0.717, 1.165) is 29.8 Å². The molecule has 2 aromatic rings. The number of amides is 1. The fourth-order valence-corrected chi connectivity index (χ4v) is 2.73. The van der Waals surface area contributed by atoms with Crippen LogP contribution in [0.25, 0.3) is 0 Å². The van der Waals surface area contributed by atoms with E-state index in [1.165, 1.54) is 0 Å². The van der Waals surface area contributed by atoms with Crippen molar-refractivity contribution in [1.29, 1.82) is 0 Å². The summed E-state index contributed by atoms with van der Waals surface area (Å²) in [7, 11) is 1.67. The van der Waals surface area contributed by atoms with E-state index in [4.69, 9.17) is 4.74 Å². The number of aromatic nitrogens is 3. The molecule has 0 saturated heterocycles. The molecule has 1 aliphatic rings. The number of hydrogen-bond acceptors (Lipinski definition) is 5. The average Bonchev–Trinajstić information content (AvgIpc) is 2.98. The summed E-state index contributed by atoms with van der Waals surface area (Å²) in [5, 5.41) is 10.7. The summed E-state index contributed by atoms with van der Waals surface area (Å²) in [5.41, 5.74) is 3.60. The number of carbonyl (C=O) groups excluding carboxylic acids is 1. The number of pyridine rings is 1. The van der Waals surface area contributed by atoms with Crippen molar-refractivity contribution in [3.8, 4) is 0 Å². The maximum absolute atomic E-state index is 12.5. The van der Waals surface area contributed by atoms with Crippen molar-refractivity contribution in [2.24, 2.45) is 0 Å². The first-order valence-electron chi connectivity index (χ1n) is 7.75. The zero-order valence-corrected chi connectivity index (χ0v) is 13.2. The van der Waals surface area contributed by atoms with Crippen molar-refractivity contribution >= 4 is 5.91 Å². The molecule has 0 saturated carbocycles. The average molecular weight is 315 g/mol. The summed E-state index contributed by atoms with van der Waals surface area (Å²) in [5.74, 6) is -0.148. The number of methoxy groups -OCH3 is 1. The Morgan fingerprint density at radius 3 is 3.22 bits per heavy atom. The van der Waals surface area contributed by atoms with Gasteiger partial charge in [0, 0.05) is 56.8 Å². The molecule has 23 heavy (non-hydrogen) atoms. The second kappa shape index (κ2) is 7.34. The predicted octanol–water partition coefficient (Wildman–Crippen LogP) is 0.500. The van der Waals surface area contributed by atoms with Gasteiger partial charge in [-0.3, -0.25) is 14.5 Å². The van der Waals surface area contributed by atoms with Gasteiger partial charge >= 0.3 is 0 Å². The van der Waals surface area contributed by atoms with Crippen LogP contribution in [0.5, 0.6) is 0 Å². The van der Waals surface area contributed by atoms with Crippen LogP contribution in [-0.4, -0.2) is 40.9 Å².